The van der Waals surface area contributed by atoms with E-state index in [9.17, 15) is 5.11 Å². The zero-order valence-corrected chi connectivity index (χ0v) is 10.5. The van der Waals surface area contributed by atoms with Gasteiger partial charge in [-0.05, 0) is 49.2 Å². The minimum atomic E-state index is 0.280. The van der Waals surface area contributed by atoms with Crippen LogP contribution in [-0.2, 0) is 0 Å². The maximum absolute atomic E-state index is 9.18. The molecule has 0 spiro atoms. The van der Waals surface area contributed by atoms with Crippen molar-refractivity contribution in [1.29, 1.82) is 0 Å². The van der Waals surface area contributed by atoms with Gasteiger partial charge in [-0.15, -0.1) is 0 Å². The number of fused-ring (bicyclic) bond motifs is 1. The SMILES string of the molecule is Oc1ccc(OCCN2CC3CNCC3C2)cc1. The second kappa shape index (κ2) is 5.16. The molecule has 2 saturated heterocycles. The molecule has 0 amide bonds. The number of hydrogen-bond donors (Lipinski definition) is 2. The van der Waals surface area contributed by atoms with Crippen molar-refractivity contribution in [3.05, 3.63) is 24.3 Å². The van der Waals surface area contributed by atoms with Crippen molar-refractivity contribution in [1.82, 2.24) is 10.2 Å². The van der Waals surface area contributed by atoms with Crippen molar-refractivity contribution in [2.45, 2.75) is 0 Å². The summed E-state index contributed by atoms with van der Waals surface area (Å²) in [5.74, 6) is 2.80. The summed E-state index contributed by atoms with van der Waals surface area (Å²) in [5.41, 5.74) is 0. The zero-order chi connectivity index (χ0) is 12.4. The molecule has 0 aromatic heterocycles. The minimum absolute atomic E-state index is 0.280. The van der Waals surface area contributed by atoms with E-state index >= 15 is 0 Å². The Morgan fingerprint density at radius 2 is 1.83 bits per heavy atom. The summed E-state index contributed by atoms with van der Waals surface area (Å²) in [7, 11) is 0. The molecule has 1 aromatic carbocycles. The van der Waals surface area contributed by atoms with Crippen LogP contribution in [0.3, 0.4) is 0 Å². The van der Waals surface area contributed by atoms with Crippen LogP contribution in [0.4, 0.5) is 0 Å². The van der Waals surface area contributed by atoms with E-state index in [1.807, 2.05) is 0 Å². The van der Waals surface area contributed by atoms with Gasteiger partial charge in [-0.2, -0.15) is 0 Å². The lowest BCUT2D eigenvalue weighted by molar-refractivity contribution is 0.228. The van der Waals surface area contributed by atoms with Gasteiger partial charge in [0.1, 0.15) is 18.1 Å². The van der Waals surface area contributed by atoms with E-state index in [4.69, 9.17) is 4.74 Å². The van der Waals surface area contributed by atoms with Gasteiger partial charge in [-0.1, -0.05) is 0 Å². The predicted octanol–water partition coefficient (Wildman–Crippen LogP) is 0.922. The molecule has 0 radical (unpaired) electrons. The van der Waals surface area contributed by atoms with E-state index in [2.05, 4.69) is 10.2 Å². The predicted molar refractivity (Wildman–Crippen MR) is 69.9 cm³/mol. The first kappa shape index (κ1) is 11.8. The van der Waals surface area contributed by atoms with Crippen LogP contribution in [0.1, 0.15) is 0 Å². The molecular weight excluding hydrogens is 228 g/mol. The van der Waals surface area contributed by atoms with Crippen LogP contribution in [-0.4, -0.2) is 49.3 Å². The Hall–Kier alpha value is -1.26. The lowest BCUT2D eigenvalue weighted by Gasteiger charge is -2.17. The zero-order valence-electron chi connectivity index (χ0n) is 10.5. The first-order valence-electron chi connectivity index (χ1n) is 6.66. The molecule has 3 rings (SSSR count). The third kappa shape index (κ3) is 2.60. The first-order chi connectivity index (χ1) is 8.81. The van der Waals surface area contributed by atoms with Crippen LogP contribution in [0.25, 0.3) is 0 Å². The van der Waals surface area contributed by atoms with E-state index < -0.39 is 0 Å². The van der Waals surface area contributed by atoms with Crippen molar-refractivity contribution in [2.24, 2.45) is 11.8 Å². The fourth-order valence-electron chi connectivity index (χ4n) is 2.97. The number of phenolic OH excluding ortho intramolecular Hbond substituents is 1. The fraction of sp³-hybridized carbons (Fsp3) is 0.571. The van der Waals surface area contributed by atoms with Crippen molar-refractivity contribution in [3.8, 4) is 11.5 Å². The van der Waals surface area contributed by atoms with Crippen LogP contribution < -0.4 is 10.1 Å². The second-order valence-electron chi connectivity index (χ2n) is 5.28. The molecule has 2 aliphatic heterocycles. The standard InChI is InChI=1S/C14H20N2O2/c17-13-1-3-14(4-2-13)18-6-5-16-9-11-7-15-8-12(11)10-16/h1-4,11-12,15,17H,5-10H2. The molecule has 2 fully saturated rings. The Kier molecular flexibility index (Phi) is 3.39. The summed E-state index contributed by atoms with van der Waals surface area (Å²) >= 11 is 0. The normalized spacial score (nSPS) is 27.3. The van der Waals surface area contributed by atoms with Crippen molar-refractivity contribution in [2.75, 3.05) is 39.3 Å². The number of aromatic hydroxyl groups is 1. The largest absolute Gasteiger partial charge is 0.508 e. The van der Waals surface area contributed by atoms with Gasteiger partial charge in [0, 0.05) is 19.6 Å². The molecular formula is C14H20N2O2. The second-order valence-corrected chi connectivity index (χ2v) is 5.28. The summed E-state index contributed by atoms with van der Waals surface area (Å²) in [6, 6.07) is 6.92. The third-order valence-electron chi connectivity index (χ3n) is 3.98. The molecule has 2 atom stereocenters. The molecule has 0 aliphatic carbocycles. The highest BCUT2D eigenvalue weighted by Crippen LogP contribution is 2.25. The molecule has 98 valence electrons. The molecule has 0 saturated carbocycles. The highest BCUT2D eigenvalue weighted by Gasteiger charge is 2.35. The number of phenols is 1. The van der Waals surface area contributed by atoms with Gasteiger partial charge in [0.15, 0.2) is 0 Å². The van der Waals surface area contributed by atoms with Gasteiger partial charge in [-0.3, -0.25) is 4.90 Å². The van der Waals surface area contributed by atoms with Crippen LogP contribution in [0, 0.1) is 11.8 Å². The number of ether oxygens (including phenoxy) is 1. The molecule has 1 aromatic rings. The smallest absolute Gasteiger partial charge is 0.119 e. The molecule has 4 heteroatoms. The molecule has 18 heavy (non-hydrogen) atoms. The highest BCUT2D eigenvalue weighted by atomic mass is 16.5. The summed E-state index contributed by atoms with van der Waals surface area (Å²) in [6.45, 7) is 6.48. The summed E-state index contributed by atoms with van der Waals surface area (Å²) in [5, 5.41) is 12.6. The topological polar surface area (TPSA) is 44.7 Å². The molecule has 2 heterocycles. The number of likely N-dealkylation sites (tertiary alicyclic amines) is 1. The van der Waals surface area contributed by atoms with E-state index in [0.717, 1.165) is 30.7 Å². The lowest BCUT2D eigenvalue weighted by Crippen LogP contribution is -2.29. The quantitative estimate of drug-likeness (QED) is 0.832. The Bertz CT molecular complexity index is 381. The minimum Gasteiger partial charge on any atom is -0.508 e. The molecule has 2 unspecified atom stereocenters. The summed E-state index contributed by atoms with van der Waals surface area (Å²) in [4.78, 5) is 2.50. The number of rotatable bonds is 4. The average molecular weight is 248 g/mol. The van der Waals surface area contributed by atoms with Crippen molar-refractivity contribution in [3.63, 3.8) is 0 Å². The van der Waals surface area contributed by atoms with Gasteiger partial charge in [0.25, 0.3) is 0 Å². The first-order valence-corrected chi connectivity index (χ1v) is 6.66. The van der Waals surface area contributed by atoms with Gasteiger partial charge in [-0.25, -0.2) is 0 Å². The summed E-state index contributed by atoms with van der Waals surface area (Å²) in [6.07, 6.45) is 0. The van der Waals surface area contributed by atoms with Gasteiger partial charge < -0.3 is 15.2 Å². The van der Waals surface area contributed by atoms with Gasteiger partial charge in [0.05, 0.1) is 0 Å². The Balaban J connectivity index is 1.41. The van der Waals surface area contributed by atoms with Crippen LogP contribution in [0.2, 0.25) is 0 Å². The Morgan fingerprint density at radius 3 is 2.50 bits per heavy atom. The Labute approximate surface area is 108 Å². The van der Waals surface area contributed by atoms with Gasteiger partial charge in [0.2, 0.25) is 0 Å². The summed E-state index contributed by atoms with van der Waals surface area (Å²) < 4.78 is 5.68. The molecule has 0 bridgehead atoms. The maximum Gasteiger partial charge on any atom is 0.119 e. The molecule has 4 nitrogen and oxygen atoms in total. The monoisotopic (exact) mass is 248 g/mol. The number of nitrogens with zero attached hydrogens (tertiary/aromatic N) is 1. The van der Waals surface area contributed by atoms with Crippen molar-refractivity contribution < 1.29 is 9.84 Å². The number of benzene rings is 1. The Morgan fingerprint density at radius 1 is 1.17 bits per heavy atom. The number of hydrogen-bond acceptors (Lipinski definition) is 4. The van der Waals surface area contributed by atoms with Crippen LogP contribution in [0.15, 0.2) is 24.3 Å². The van der Waals surface area contributed by atoms with Gasteiger partial charge >= 0.3 is 0 Å². The van der Waals surface area contributed by atoms with E-state index in [0.29, 0.717) is 0 Å². The average Bonchev–Trinajstić information content (AvgIpc) is 2.92. The van der Waals surface area contributed by atoms with Crippen molar-refractivity contribution >= 4 is 0 Å². The third-order valence-corrected chi connectivity index (χ3v) is 3.98. The molecule has 2 N–H and O–H groups in total. The molecule has 2 aliphatic rings. The van der Waals surface area contributed by atoms with E-state index in [1.54, 1.807) is 24.3 Å². The van der Waals surface area contributed by atoms with Crippen LogP contribution >= 0.6 is 0 Å². The highest BCUT2D eigenvalue weighted by molar-refractivity contribution is 5.30. The maximum atomic E-state index is 9.18. The van der Waals surface area contributed by atoms with E-state index in [1.165, 1.54) is 26.2 Å². The fourth-order valence-corrected chi connectivity index (χ4v) is 2.97. The lowest BCUT2D eigenvalue weighted by atomic mass is 10.0. The number of nitrogens with one attached hydrogen (secondary N) is 1. The van der Waals surface area contributed by atoms with Crippen LogP contribution in [0.5, 0.6) is 11.5 Å². The van der Waals surface area contributed by atoms with E-state index in [-0.39, 0.29) is 5.75 Å².